The summed E-state index contributed by atoms with van der Waals surface area (Å²) in [6.45, 7) is 3.89. The van der Waals surface area contributed by atoms with E-state index in [0.717, 1.165) is 5.57 Å². The smallest absolute Gasteiger partial charge is 0.323 e. The van der Waals surface area contributed by atoms with Crippen molar-refractivity contribution in [3.63, 3.8) is 0 Å². The number of carbonyl (C=O) groups excluding carboxylic acids is 2. The highest BCUT2D eigenvalue weighted by Gasteiger charge is 2.44. The van der Waals surface area contributed by atoms with Crippen molar-refractivity contribution in [3.05, 3.63) is 23.8 Å². The molecule has 1 aliphatic rings. The standard InChI is InChI=1S/C13H18O3/c1-10(2)7-9-13(12(15)16-3)8-5-4-6-11(13)14/h5,7-8H,4,6,9H2,1-3H3/t13-/m0/s1. The maximum absolute atomic E-state index is 11.9. The number of rotatable bonds is 3. The summed E-state index contributed by atoms with van der Waals surface area (Å²) in [7, 11) is 1.32. The second kappa shape index (κ2) is 5.10. The summed E-state index contributed by atoms with van der Waals surface area (Å²) in [6, 6.07) is 0. The van der Waals surface area contributed by atoms with Crippen molar-refractivity contribution in [1.29, 1.82) is 0 Å². The van der Waals surface area contributed by atoms with E-state index in [1.54, 1.807) is 6.08 Å². The van der Waals surface area contributed by atoms with E-state index in [0.29, 0.717) is 19.3 Å². The Morgan fingerprint density at radius 3 is 2.75 bits per heavy atom. The quantitative estimate of drug-likeness (QED) is 0.418. The van der Waals surface area contributed by atoms with Gasteiger partial charge in [0, 0.05) is 6.42 Å². The third-order valence-corrected chi connectivity index (χ3v) is 2.82. The minimum absolute atomic E-state index is 0.0423. The first-order valence-corrected chi connectivity index (χ1v) is 5.45. The van der Waals surface area contributed by atoms with Gasteiger partial charge in [-0.2, -0.15) is 0 Å². The van der Waals surface area contributed by atoms with Gasteiger partial charge < -0.3 is 4.74 Å². The number of Topliss-reactive ketones (excluding diaryl/α,β-unsaturated/α-hetero) is 1. The van der Waals surface area contributed by atoms with Crippen LogP contribution in [-0.4, -0.2) is 18.9 Å². The Balaban J connectivity index is 3.05. The summed E-state index contributed by atoms with van der Waals surface area (Å²) in [5, 5.41) is 0. The van der Waals surface area contributed by atoms with Crippen molar-refractivity contribution in [1.82, 2.24) is 0 Å². The first-order chi connectivity index (χ1) is 7.53. The SMILES string of the molecule is COC(=O)[C@]1(CC=C(C)C)C=CCCC1=O. The molecule has 0 amide bonds. The zero-order chi connectivity index (χ0) is 12.2. The Labute approximate surface area is 96.2 Å². The summed E-state index contributed by atoms with van der Waals surface area (Å²) in [5.41, 5.74) is 0.0135. The van der Waals surface area contributed by atoms with Gasteiger partial charge in [0.25, 0.3) is 0 Å². The monoisotopic (exact) mass is 222 g/mol. The highest BCUT2D eigenvalue weighted by atomic mass is 16.5. The van der Waals surface area contributed by atoms with E-state index >= 15 is 0 Å². The molecule has 0 saturated heterocycles. The van der Waals surface area contributed by atoms with Crippen LogP contribution < -0.4 is 0 Å². The van der Waals surface area contributed by atoms with Gasteiger partial charge >= 0.3 is 5.97 Å². The molecule has 0 saturated carbocycles. The normalized spacial score (nSPS) is 24.1. The maximum Gasteiger partial charge on any atom is 0.323 e. The molecule has 0 bridgehead atoms. The Morgan fingerprint density at radius 1 is 1.56 bits per heavy atom. The fraction of sp³-hybridized carbons (Fsp3) is 0.538. The van der Waals surface area contributed by atoms with E-state index in [-0.39, 0.29) is 5.78 Å². The van der Waals surface area contributed by atoms with Crippen LogP contribution in [0.25, 0.3) is 0 Å². The zero-order valence-corrected chi connectivity index (χ0v) is 10.1. The molecular formula is C13H18O3. The third kappa shape index (κ3) is 2.40. The number of carbonyl (C=O) groups is 2. The molecule has 16 heavy (non-hydrogen) atoms. The van der Waals surface area contributed by atoms with Crippen LogP contribution in [0.3, 0.4) is 0 Å². The number of hydrogen-bond acceptors (Lipinski definition) is 3. The largest absolute Gasteiger partial charge is 0.468 e. The Kier molecular flexibility index (Phi) is 4.05. The van der Waals surface area contributed by atoms with E-state index in [1.807, 2.05) is 26.0 Å². The first-order valence-electron chi connectivity index (χ1n) is 5.45. The second-order valence-corrected chi connectivity index (χ2v) is 4.31. The number of hydrogen-bond donors (Lipinski definition) is 0. The molecule has 0 fully saturated rings. The van der Waals surface area contributed by atoms with E-state index in [9.17, 15) is 9.59 Å². The molecular weight excluding hydrogens is 204 g/mol. The van der Waals surface area contributed by atoms with Crippen LogP contribution in [-0.2, 0) is 14.3 Å². The van der Waals surface area contributed by atoms with E-state index in [2.05, 4.69) is 0 Å². The molecule has 88 valence electrons. The molecule has 0 spiro atoms. The van der Waals surface area contributed by atoms with Crippen molar-refractivity contribution in [3.8, 4) is 0 Å². The van der Waals surface area contributed by atoms with E-state index in [1.165, 1.54) is 7.11 Å². The van der Waals surface area contributed by atoms with Crippen LogP contribution in [0, 0.1) is 5.41 Å². The van der Waals surface area contributed by atoms with Gasteiger partial charge in [-0.15, -0.1) is 0 Å². The number of ketones is 1. The average Bonchev–Trinajstić information content (AvgIpc) is 2.27. The van der Waals surface area contributed by atoms with Crippen molar-refractivity contribution < 1.29 is 14.3 Å². The summed E-state index contributed by atoms with van der Waals surface area (Å²) in [5.74, 6) is -0.495. The van der Waals surface area contributed by atoms with Gasteiger partial charge in [-0.25, -0.2) is 0 Å². The molecule has 0 N–H and O–H groups in total. The second-order valence-electron chi connectivity index (χ2n) is 4.31. The lowest BCUT2D eigenvalue weighted by Gasteiger charge is -2.27. The molecule has 1 aliphatic carbocycles. The van der Waals surface area contributed by atoms with Crippen LogP contribution in [0.15, 0.2) is 23.8 Å². The van der Waals surface area contributed by atoms with Crippen LogP contribution >= 0.6 is 0 Å². The average molecular weight is 222 g/mol. The Hall–Kier alpha value is -1.38. The van der Waals surface area contributed by atoms with Crippen molar-refractivity contribution in [2.24, 2.45) is 5.41 Å². The van der Waals surface area contributed by atoms with Gasteiger partial charge in [-0.05, 0) is 26.7 Å². The van der Waals surface area contributed by atoms with Gasteiger partial charge in [0.2, 0.25) is 0 Å². The molecule has 0 aromatic rings. The fourth-order valence-electron chi connectivity index (χ4n) is 1.81. The third-order valence-electron chi connectivity index (χ3n) is 2.82. The zero-order valence-electron chi connectivity index (χ0n) is 10.1. The Morgan fingerprint density at radius 2 is 2.25 bits per heavy atom. The molecule has 1 rings (SSSR count). The molecule has 3 heteroatoms. The molecule has 0 aromatic carbocycles. The van der Waals surface area contributed by atoms with Crippen molar-refractivity contribution in [2.45, 2.75) is 33.1 Å². The van der Waals surface area contributed by atoms with Gasteiger partial charge in [-0.3, -0.25) is 9.59 Å². The lowest BCUT2D eigenvalue weighted by atomic mass is 9.75. The Bertz CT molecular complexity index is 348. The molecule has 3 nitrogen and oxygen atoms in total. The topological polar surface area (TPSA) is 43.4 Å². The van der Waals surface area contributed by atoms with Crippen LogP contribution in [0.1, 0.15) is 33.1 Å². The maximum atomic E-state index is 11.9. The molecule has 1 atom stereocenters. The molecule has 0 aromatic heterocycles. The number of ether oxygens (including phenoxy) is 1. The summed E-state index contributed by atoms with van der Waals surface area (Å²) in [4.78, 5) is 23.7. The van der Waals surface area contributed by atoms with Crippen molar-refractivity contribution >= 4 is 11.8 Å². The first kappa shape index (κ1) is 12.7. The molecule has 0 aliphatic heterocycles. The minimum Gasteiger partial charge on any atom is -0.468 e. The number of esters is 1. The summed E-state index contributed by atoms with van der Waals surface area (Å²) < 4.78 is 4.76. The van der Waals surface area contributed by atoms with Crippen molar-refractivity contribution in [2.75, 3.05) is 7.11 Å². The summed E-state index contributed by atoms with van der Waals surface area (Å²) >= 11 is 0. The van der Waals surface area contributed by atoms with Gasteiger partial charge in [0.05, 0.1) is 7.11 Å². The van der Waals surface area contributed by atoms with E-state index in [4.69, 9.17) is 4.74 Å². The number of methoxy groups -OCH3 is 1. The van der Waals surface area contributed by atoms with Crippen LogP contribution in [0.5, 0.6) is 0 Å². The highest BCUT2D eigenvalue weighted by molar-refractivity contribution is 6.06. The van der Waals surface area contributed by atoms with E-state index < -0.39 is 11.4 Å². The minimum atomic E-state index is -1.08. The lowest BCUT2D eigenvalue weighted by molar-refractivity contribution is -0.154. The summed E-state index contributed by atoms with van der Waals surface area (Å²) in [6.07, 6.45) is 7.03. The van der Waals surface area contributed by atoms with Gasteiger partial charge in [0.15, 0.2) is 5.78 Å². The molecule has 0 unspecified atom stereocenters. The molecule has 0 heterocycles. The predicted octanol–water partition coefficient (Wildman–Crippen LogP) is 2.42. The van der Waals surface area contributed by atoms with Gasteiger partial charge in [0.1, 0.15) is 5.41 Å². The molecule has 0 radical (unpaired) electrons. The predicted molar refractivity (Wildman–Crippen MR) is 61.9 cm³/mol. The lowest BCUT2D eigenvalue weighted by Crippen LogP contribution is -2.39. The van der Waals surface area contributed by atoms with Gasteiger partial charge in [-0.1, -0.05) is 23.8 Å². The fourth-order valence-corrected chi connectivity index (χ4v) is 1.81. The number of allylic oxidation sites excluding steroid dienone is 3. The highest BCUT2D eigenvalue weighted by Crippen LogP contribution is 2.33. The van der Waals surface area contributed by atoms with Crippen LogP contribution in [0.2, 0.25) is 0 Å². The van der Waals surface area contributed by atoms with Crippen LogP contribution in [0.4, 0.5) is 0 Å².